The van der Waals surface area contributed by atoms with Crippen LogP contribution in [0, 0.1) is 0 Å². The molecule has 4 amide bonds. The average Bonchev–Trinajstić information content (AvgIpc) is 3.15. The minimum atomic E-state index is -4.86. The standard InChI is InChI=1S/C10H14N8O7S/c19-8(4-16-5-11-14-15-16)12-13-9(20)7-2-1-6-3-17(7)10(21)18(6)25-26(22,23)24/h5-7H,1-4H2,(H,12,19)(H,13,20)(H,22,23,24). The van der Waals surface area contributed by atoms with Crippen LogP contribution in [0.25, 0.3) is 0 Å². The van der Waals surface area contributed by atoms with Gasteiger partial charge in [0.2, 0.25) is 0 Å². The fraction of sp³-hybridized carbons (Fsp3) is 0.600. The molecule has 0 aromatic carbocycles. The summed E-state index contributed by atoms with van der Waals surface area (Å²) in [6, 6.07) is -2.41. The van der Waals surface area contributed by atoms with Gasteiger partial charge in [0.25, 0.3) is 11.8 Å². The van der Waals surface area contributed by atoms with Crippen molar-refractivity contribution in [3.8, 4) is 0 Å². The number of hydrogen-bond donors (Lipinski definition) is 3. The molecule has 2 unspecified atom stereocenters. The zero-order valence-corrected chi connectivity index (χ0v) is 13.9. The molecule has 2 bridgehead atoms. The van der Waals surface area contributed by atoms with E-state index in [9.17, 15) is 22.8 Å². The fourth-order valence-electron chi connectivity index (χ4n) is 2.76. The van der Waals surface area contributed by atoms with E-state index in [1.165, 1.54) is 6.33 Å². The monoisotopic (exact) mass is 390 g/mol. The maximum Gasteiger partial charge on any atom is 0.418 e. The highest BCUT2D eigenvalue weighted by atomic mass is 32.3. The third-order valence-corrected chi connectivity index (χ3v) is 4.17. The van der Waals surface area contributed by atoms with Crippen LogP contribution in [-0.2, 0) is 30.8 Å². The van der Waals surface area contributed by atoms with Crippen LogP contribution in [0.15, 0.2) is 6.33 Å². The number of aromatic nitrogens is 4. The zero-order chi connectivity index (χ0) is 18.9. The second-order valence-corrected chi connectivity index (χ2v) is 6.56. The lowest BCUT2D eigenvalue weighted by atomic mass is 10.0. The van der Waals surface area contributed by atoms with Gasteiger partial charge in [0.05, 0.1) is 6.04 Å². The summed E-state index contributed by atoms with van der Waals surface area (Å²) in [5.41, 5.74) is 4.36. The summed E-state index contributed by atoms with van der Waals surface area (Å²) in [5.74, 6) is -1.25. The Labute approximate surface area is 146 Å². The highest BCUT2D eigenvalue weighted by Crippen LogP contribution is 2.30. The number of fused-ring (bicyclic) bond motifs is 2. The van der Waals surface area contributed by atoms with Gasteiger partial charge in [0, 0.05) is 6.54 Å². The third kappa shape index (κ3) is 3.86. The van der Waals surface area contributed by atoms with Gasteiger partial charge >= 0.3 is 16.4 Å². The number of nitrogens with one attached hydrogen (secondary N) is 2. The molecule has 0 saturated carbocycles. The van der Waals surface area contributed by atoms with E-state index in [2.05, 4.69) is 30.7 Å². The topological polar surface area (TPSA) is 189 Å². The molecular weight excluding hydrogens is 376 g/mol. The highest BCUT2D eigenvalue weighted by molar-refractivity contribution is 7.80. The van der Waals surface area contributed by atoms with Gasteiger partial charge < -0.3 is 4.90 Å². The quantitative estimate of drug-likeness (QED) is 0.341. The van der Waals surface area contributed by atoms with Gasteiger partial charge in [-0.1, -0.05) is 0 Å². The van der Waals surface area contributed by atoms with Crippen molar-refractivity contribution in [2.24, 2.45) is 0 Å². The first-order valence-electron chi connectivity index (χ1n) is 7.31. The Balaban J connectivity index is 1.56. The first-order chi connectivity index (χ1) is 12.2. The van der Waals surface area contributed by atoms with E-state index in [0.717, 1.165) is 9.58 Å². The van der Waals surface area contributed by atoms with Crippen LogP contribution in [-0.4, -0.2) is 79.6 Å². The van der Waals surface area contributed by atoms with Gasteiger partial charge in [-0.2, -0.15) is 13.5 Å². The summed E-state index contributed by atoms with van der Waals surface area (Å²) in [6.07, 6.45) is 1.71. The number of amides is 4. The van der Waals surface area contributed by atoms with Crippen LogP contribution >= 0.6 is 0 Å². The predicted octanol–water partition coefficient (Wildman–Crippen LogP) is -3.18. The Morgan fingerprint density at radius 2 is 2.12 bits per heavy atom. The van der Waals surface area contributed by atoms with E-state index in [1.807, 2.05) is 0 Å². The van der Waals surface area contributed by atoms with Crippen LogP contribution in [0.3, 0.4) is 0 Å². The second kappa shape index (κ2) is 6.81. The molecule has 2 saturated heterocycles. The number of carbonyl (C=O) groups is 3. The van der Waals surface area contributed by atoms with Crippen LogP contribution in [0.4, 0.5) is 4.79 Å². The van der Waals surface area contributed by atoms with Crippen molar-refractivity contribution < 1.29 is 31.6 Å². The second-order valence-electron chi connectivity index (χ2n) is 5.55. The molecule has 15 nitrogen and oxygen atoms in total. The first-order valence-corrected chi connectivity index (χ1v) is 8.67. The van der Waals surface area contributed by atoms with Gasteiger partial charge in [0.15, 0.2) is 0 Å². The fourth-order valence-corrected chi connectivity index (χ4v) is 3.15. The molecule has 2 fully saturated rings. The van der Waals surface area contributed by atoms with Gasteiger partial charge in [-0.25, -0.2) is 9.48 Å². The Bertz CT molecular complexity index is 811. The lowest BCUT2D eigenvalue weighted by molar-refractivity contribution is -0.132. The number of rotatable bonds is 5. The smallest absolute Gasteiger partial charge is 0.309 e. The number of piperidine rings is 1. The average molecular weight is 390 g/mol. The minimum absolute atomic E-state index is 0.0466. The largest absolute Gasteiger partial charge is 0.418 e. The van der Waals surface area contributed by atoms with E-state index in [0.29, 0.717) is 5.06 Å². The molecule has 2 aliphatic heterocycles. The molecular formula is C10H14N8O7S. The molecule has 3 heterocycles. The number of hydrazine groups is 1. The Morgan fingerprint density at radius 1 is 1.35 bits per heavy atom. The maximum absolute atomic E-state index is 12.2. The lowest BCUT2D eigenvalue weighted by Gasteiger charge is -2.29. The molecule has 16 heteroatoms. The molecule has 142 valence electrons. The molecule has 1 aromatic heterocycles. The van der Waals surface area contributed by atoms with E-state index < -0.39 is 40.3 Å². The van der Waals surface area contributed by atoms with Crippen LogP contribution in [0.1, 0.15) is 12.8 Å². The summed E-state index contributed by atoms with van der Waals surface area (Å²) >= 11 is 0. The Morgan fingerprint density at radius 3 is 2.77 bits per heavy atom. The van der Waals surface area contributed by atoms with Gasteiger partial charge in [-0.05, 0) is 23.3 Å². The molecule has 1 aromatic rings. The van der Waals surface area contributed by atoms with Crippen LogP contribution in [0.5, 0.6) is 0 Å². The molecule has 26 heavy (non-hydrogen) atoms. The summed E-state index contributed by atoms with van der Waals surface area (Å²) in [7, 11) is -4.86. The molecule has 0 radical (unpaired) electrons. The minimum Gasteiger partial charge on any atom is -0.309 e. The van der Waals surface area contributed by atoms with Gasteiger partial charge in [-0.15, -0.1) is 9.38 Å². The number of urea groups is 1. The van der Waals surface area contributed by atoms with Crippen LogP contribution < -0.4 is 10.9 Å². The molecule has 3 N–H and O–H groups in total. The number of hydrogen-bond acceptors (Lipinski definition) is 9. The number of hydroxylamine groups is 2. The summed E-state index contributed by atoms with van der Waals surface area (Å²) in [4.78, 5) is 37.2. The van der Waals surface area contributed by atoms with Gasteiger partial charge in [0.1, 0.15) is 18.9 Å². The summed E-state index contributed by atoms with van der Waals surface area (Å²) in [5, 5.41) is 10.7. The first kappa shape index (κ1) is 18.0. The SMILES string of the molecule is O=C(Cn1cnnn1)NNC(=O)C1CCC2CN1C(=O)N2OS(=O)(=O)O. The van der Waals surface area contributed by atoms with E-state index in [4.69, 9.17) is 4.55 Å². The van der Waals surface area contributed by atoms with Crippen molar-refractivity contribution in [1.82, 2.24) is 41.0 Å². The van der Waals surface area contributed by atoms with E-state index in [1.54, 1.807) is 0 Å². The van der Waals surface area contributed by atoms with Crippen molar-refractivity contribution in [2.75, 3.05) is 6.54 Å². The number of nitrogens with zero attached hydrogens (tertiary/aromatic N) is 6. The van der Waals surface area contributed by atoms with Crippen molar-refractivity contribution in [2.45, 2.75) is 31.5 Å². The van der Waals surface area contributed by atoms with Crippen LogP contribution in [0.2, 0.25) is 0 Å². The molecule has 0 aliphatic carbocycles. The summed E-state index contributed by atoms with van der Waals surface area (Å²) in [6.45, 7) is -0.177. The molecule has 0 spiro atoms. The van der Waals surface area contributed by atoms with E-state index >= 15 is 0 Å². The Kier molecular flexibility index (Phi) is 4.70. The predicted molar refractivity (Wildman–Crippen MR) is 77.5 cm³/mol. The lowest BCUT2D eigenvalue weighted by Crippen LogP contribution is -2.54. The van der Waals surface area contributed by atoms with E-state index in [-0.39, 0.29) is 25.9 Å². The Hall–Kier alpha value is -2.85. The zero-order valence-electron chi connectivity index (χ0n) is 13.0. The number of tetrazole rings is 1. The maximum atomic E-state index is 12.2. The van der Waals surface area contributed by atoms with Gasteiger partial charge in [-0.3, -0.25) is 25.0 Å². The van der Waals surface area contributed by atoms with Crippen molar-refractivity contribution >= 4 is 28.2 Å². The van der Waals surface area contributed by atoms with Crippen molar-refractivity contribution in [1.29, 1.82) is 0 Å². The normalized spacial score (nSPS) is 22.4. The number of carbonyl (C=O) groups excluding carboxylic acids is 3. The highest BCUT2D eigenvalue weighted by Gasteiger charge is 2.49. The third-order valence-electron chi connectivity index (χ3n) is 3.82. The summed E-state index contributed by atoms with van der Waals surface area (Å²) < 4.78 is 35.8. The van der Waals surface area contributed by atoms with Crippen molar-refractivity contribution in [3.63, 3.8) is 0 Å². The molecule has 3 rings (SSSR count). The van der Waals surface area contributed by atoms with Crippen molar-refractivity contribution in [3.05, 3.63) is 6.33 Å². The molecule has 2 aliphatic rings. The molecule has 2 atom stereocenters.